The molecule has 0 radical (unpaired) electrons. The first kappa shape index (κ1) is 13.2. The number of rotatable bonds is 2. The quantitative estimate of drug-likeness (QED) is 0.571. The van der Waals surface area contributed by atoms with Gasteiger partial charge in [-0.3, -0.25) is 0 Å². The van der Waals surface area contributed by atoms with Crippen molar-refractivity contribution in [3.05, 3.63) is 50.0 Å². The molecule has 2 aromatic carbocycles. The largest absolute Gasteiger partial charge is 0.397 e. The van der Waals surface area contributed by atoms with Gasteiger partial charge in [-0.2, -0.15) is 5.26 Å². The molecule has 18 heavy (non-hydrogen) atoms. The summed E-state index contributed by atoms with van der Waals surface area (Å²) in [6, 6.07) is 13.2. The second kappa shape index (κ2) is 5.59. The molecular weight excluding hydrogens is 405 g/mol. The molecule has 3 nitrogen and oxygen atoms in total. The SMILES string of the molecule is N#Cc1ccc(Nc2cc(Br)ccc2I)c(N)c1. The van der Waals surface area contributed by atoms with Crippen LogP contribution in [0.15, 0.2) is 40.9 Å². The smallest absolute Gasteiger partial charge is 0.0992 e. The lowest BCUT2D eigenvalue weighted by Gasteiger charge is -2.11. The highest BCUT2D eigenvalue weighted by atomic mass is 127. The fraction of sp³-hybridized carbons (Fsp3) is 0. The van der Waals surface area contributed by atoms with E-state index in [4.69, 9.17) is 11.0 Å². The molecule has 2 rings (SSSR count). The number of nitriles is 1. The predicted molar refractivity (Wildman–Crippen MR) is 85.7 cm³/mol. The number of nitrogen functional groups attached to an aromatic ring is 1. The maximum absolute atomic E-state index is 8.79. The van der Waals surface area contributed by atoms with E-state index in [-0.39, 0.29) is 0 Å². The number of hydrogen-bond acceptors (Lipinski definition) is 3. The lowest BCUT2D eigenvalue weighted by atomic mass is 10.2. The van der Waals surface area contributed by atoms with Crippen molar-refractivity contribution in [3.8, 4) is 6.07 Å². The van der Waals surface area contributed by atoms with E-state index in [1.165, 1.54) is 0 Å². The van der Waals surface area contributed by atoms with Crippen molar-refractivity contribution in [2.75, 3.05) is 11.1 Å². The summed E-state index contributed by atoms with van der Waals surface area (Å²) < 4.78 is 2.09. The van der Waals surface area contributed by atoms with Crippen molar-refractivity contribution < 1.29 is 0 Å². The summed E-state index contributed by atoms with van der Waals surface area (Å²) >= 11 is 5.69. The highest BCUT2D eigenvalue weighted by Crippen LogP contribution is 2.29. The zero-order chi connectivity index (χ0) is 13.1. The summed E-state index contributed by atoms with van der Waals surface area (Å²) in [7, 11) is 0. The summed E-state index contributed by atoms with van der Waals surface area (Å²) in [5, 5.41) is 12.1. The van der Waals surface area contributed by atoms with E-state index in [1.54, 1.807) is 12.1 Å². The maximum Gasteiger partial charge on any atom is 0.0992 e. The lowest BCUT2D eigenvalue weighted by molar-refractivity contribution is 1.46. The van der Waals surface area contributed by atoms with Crippen molar-refractivity contribution in [1.29, 1.82) is 5.26 Å². The summed E-state index contributed by atoms with van der Waals surface area (Å²) in [5.74, 6) is 0. The number of hydrogen-bond donors (Lipinski definition) is 2. The van der Waals surface area contributed by atoms with Crippen LogP contribution < -0.4 is 11.1 Å². The van der Waals surface area contributed by atoms with Crippen molar-refractivity contribution in [1.82, 2.24) is 0 Å². The molecule has 5 heteroatoms. The lowest BCUT2D eigenvalue weighted by Crippen LogP contribution is -1.98. The molecule has 0 saturated carbocycles. The third kappa shape index (κ3) is 2.94. The predicted octanol–water partition coefficient (Wildman–Crippen LogP) is 4.25. The Morgan fingerprint density at radius 2 is 1.94 bits per heavy atom. The Hall–Kier alpha value is -1.26. The second-order valence-electron chi connectivity index (χ2n) is 3.66. The van der Waals surface area contributed by atoms with Gasteiger partial charge in [-0.15, -0.1) is 0 Å². The molecule has 2 aromatic rings. The summed E-state index contributed by atoms with van der Waals surface area (Å²) in [4.78, 5) is 0. The van der Waals surface area contributed by atoms with E-state index in [2.05, 4.69) is 49.9 Å². The average Bonchev–Trinajstić information content (AvgIpc) is 2.36. The molecule has 0 unspecified atom stereocenters. The van der Waals surface area contributed by atoms with Crippen LogP contribution in [0, 0.1) is 14.9 Å². The first-order valence-corrected chi connectivity index (χ1v) is 6.99. The number of benzene rings is 2. The van der Waals surface area contributed by atoms with Crippen LogP contribution in [0.1, 0.15) is 5.56 Å². The molecule has 90 valence electrons. The first-order valence-electron chi connectivity index (χ1n) is 5.12. The minimum atomic E-state index is 0.557. The molecule has 0 aliphatic rings. The second-order valence-corrected chi connectivity index (χ2v) is 5.74. The molecule has 0 bridgehead atoms. The molecular formula is C13H9BrIN3. The standard InChI is InChI=1S/C13H9BrIN3/c14-9-2-3-10(15)13(6-9)18-12-4-1-8(7-16)5-11(12)17/h1-6,18H,17H2. The highest BCUT2D eigenvalue weighted by molar-refractivity contribution is 14.1. The van der Waals surface area contributed by atoms with E-state index in [1.807, 2.05) is 24.3 Å². The van der Waals surface area contributed by atoms with E-state index in [0.717, 1.165) is 19.4 Å². The van der Waals surface area contributed by atoms with E-state index < -0.39 is 0 Å². The molecule has 0 spiro atoms. The van der Waals surface area contributed by atoms with Gasteiger partial charge in [-0.05, 0) is 59.0 Å². The Balaban J connectivity index is 2.34. The van der Waals surface area contributed by atoms with Gasteiger partial charge in [-0.1, -0.05) is 15.9 Å². The monoisotopic (exact) mass is 413 g/mol. The van der Waals surface area contributed by atoms with Crippen molar-refractivity contribution in [2.45, 2.75) is 0 Å². The van der Waals surface area contributed by atoms with Gasteiger partial charge in [0.25, 0.3) is 0 Å². The Morgan fingerprint density at radius 1 is 1.17 bits per heavy atom. The number of anilines is 3. The number of nitrogens with two attached hydrogens (primary N) is 1. The molecule has 0 fully saturated rings. The van der Waals surface area contributed by atoms with Crippen molar-refractivity contribution in [3.63, 3.8) is 0 Å². The topological polar surface area (TPSA) is 61.8 Å². The molecule has 0 aromatic heterocycles. The Morgan fingerprint density at radius 3 is 2.61 bits per heavy atom. The van der Waals surface area contributed by atoms with Gasteiger partial charge < -0.3 is 11.1 Å². The molecule has 0 aliphatic heterocycles. The van der Waals surface area contributed by atoms with Gasteiger partial charge in [0.05, 0.1) is 28.7 Å². The van der Waals surface area contributed by atoms with Crippen molar-refractivity contribution >= 4 is 55.6 Å². The molecule has 0 aliphatic carbocycles. The molecule has 0 heterocycles. The van der Waals surface area contributed by atoms with E-state index in [0.29, 0.717) is 11.3 Å². The van der Waals surface area contributed by atoms with Gasteiger partial charge in [0.1, 0.15) is 0 Å². The van der Waals surface area contributed by atoms with Crippen LogP contribution in [0.25, 0.3) is 0 Å². The molecule has 0 atom stereocenters. The fourth-order valence-electron chi connectivity index (χ4n) is 1.48. The van der Waals surface area contributed by atoms with Gasteiger partial charge >= 0.3 is 0 Å². The van der Waals surface area contributed by atoms with E-state index >= 15 is 0 Å². The zero-order valence-electron chi connectivity index (χ0n) is 9.24. The Kier molecular flexibility index (Phi) is 4.09. The van der Waals surface area contributed by atoms with Gasteiger partial charge in [0, 0.05) is 8.04 Å². The van der Waals surface area contributed by atoms with Crippen LogP contribution in [-0.2, 0) is 0 Å². The van der Waals surface area contributed by atoms with Crippen LogP contribution in [0.5, 0.6) is 0 Å². The fourth-order valence-corrected chi connectivity index (χ4v) is 2.32. The van der Waals surface area contributed by atoms with Gasteiger partial charge in [-0.25, -0.2) is 0 Å². The summed E-state index contributed by atoms with van der Waals surface area (Å²) in [5.41, 5.74) is 8.79. The van der Waals surface area contributed by atoms with Crippen LogP contribution in [0.3, 0.4) is 0 Å². The Labute approximate surface area is 127 Å². The number of nitrogens with zero attached hydrogens (tertiary/aromatic N) is 1. The van der Waals surface area contributed by atoms with E-state index in [9.17, 15) is 0 Å². The van der Waals surface area contributed by atoms with Gasteiger partial charge in [0.2, 0.25) is 0 Å². The average molecular weight is 414 g/mol. The van der Waals surface area contributed by atoms with Crippen LogP contribution in [-0.4, -0.2) is 0 Å². The molecule has 0 amide bonds. The molecule has 0 saturated heterocycles. The van der Waals surface area contributed by atoms with Crippen molar-refractivity contribution in [2.24, 2.45) is 0 Å². The zero-order valence-corrected chi connectivity index (χ0v) is 13.0. The van der Waals surface area contributed by atoms with Crippen LogP contribution >= 0.6 is 38.5 Å². The van der Waals surface area contributed by atoms with Crippen LogP contribution in [0.2, 0.25) is 0 Å². The Bertz CT molecular complexity index is 635. The maximum atomic E-state index is 8.79. The molecule has 3 N–H and O–H groups in total. The third-order valence-corrected chi connectivity index (χ3v) is 3.81. The third-order valence-electron chi connectivity index (χ3n) is 2.38. The normalized spacial score (nSPS) is 9.83. The van der Waals surface area contributed by atoms with Crippen LogP contribution in [0.4, 0.5) is 17.1 Å². The summed E-state index contributed by atoms with van der Waals surface area (Å²) in [6.45, 7) is 0. The highest BCUT2D eigenvalue weighted by Gasteiger charge is 2.04. The minimum Gasteiger partial charge on any atom is -0.397 e. The first-order chi connectivity index (χ1) is 8.60. The minimum absolute atomic E-state index is 0.557. The number of nitrogens with one attached hydrogen (secondary N) is 1. The summed E-state index contributed by atoms with van der Waals surface area (Å²) in [6.07, 6.45) is 0. The number of halogens is 2. The van der Waals surface area contributed by atoms with Gasteiger partial charge in [0.15, 0.2) is 0 Å².